The van der Waals surface area contributed by atoms with E-state index in [2.05, 4.69) is 0 Å². The highest BCUT2D eigenvalue weighted by Gasteiger charge is 2.42. The zero-order chi connectivity index (χ0) is 16.2. The summed E-state index contributed by atoms with van der Waals surface area (Å²) in [6.07, 6.45) is -1.00. The second kappa shape index (κ2) is 6.71. The predicted molar refractivity (Wildman–Crippen MR) is 84.0 cm³/mol. The van der Waals surface area contributed by atoms with Crippen molar-refractivity contribution in [2.75, 3.05) is 0 Å². The molecule has 0 aliphatic rings. The van der Waals surface area contributed by atoms with Crippen LogP contribution in [0.25, 0.3) is 0 Å². The summed E-state index contributed by atoms with van der Waals surface area (Å²) < 4.78 is 21.2. The molecular formula is C18H20FNO2. The van der Waals surface area contributed by atoms with Crippen LogP contribution in [0.5, 0.6) is 0 Å². The Hall–Kier alpha value is -2.20. The third kappa shape index (κ3) is 3.17. The van der Waals surface area contributed by atoms with Gasteiger partial charge in [0.25, 0.3) is 0 Å². The second-order valence-electron chi connectivity index (χ2n) is 5.31. The van der Waals surface area contributed by atoms with Gasteiger partial charge in [-0.15, -0.1) is 0 Å². The first-order valence-electron chi connectivity index (χ1n) is 7.22. The van der Waals surface area contributed by atoms with Gasteiger partial charge in [-0.25, -0.2) is 4.39 Å². The van der Waals surface area contributed by atoms with Gasteiger partial charge in [0, 0.05) is 0 Å². The van der Waals surface area contributed by atoms with E-state index >= 15 is 4.39 Å². The molecule has 4 heteroatoms. The first-order chi connectivity index (χ1) is 10.5. The normalized spacial score (nSPS) is 14.2. The van der Waals surface area contributed by atoms with E-state index in [-0.39, 0.29) is 0 Å². The molecule has 2 aromatic rings. The molecule has 0 amide bonds. The number of carbonyl (C=O) groups excluding carboxylic acids is 1. The molecule has 2 atom stereocenters. The van der Waals surface area contributed by atoms with E-state index in [1.807, 2.05) is 12.1 Å². The van der Waals surface area contributed by atoms with Gasteiger partial charge in [0.1, 0.15) is 12.1 Å². The summed E-state index contributed by atoms with van der Waals surface area (Å²) in [7, 11) is 0. The highest BCUT2D eigenvalue weighted by Crippen LogP contribution is 2.38. The second-order valence-corrected chi connectivity index (χ2v) is 5.31. The predicted octanol–water partition coefficient (Wildman–Crippen LogP) is 3.18. The molecule has 2 rings (SSSR count). The molecule has 0 radical (unpaired) electrons. The lowest BCUT2D eigenvalue weighted by molar-refractivity contribution is -0.156. The molecule has 0 spiro atoms. The van der Waals surface area contributed by atoms with E-state index in [1.54, 1.807) is 55.5 Å². The number of benzene rings is 2. The standard InChI is InChI=1S/C18H20FNO2/c1-13(20)17(21)22-14(2)18(19,15-9-5-3-6-10-15)16-11-7-4-8-12-16/h3-14H,20H2,1-2H3/t13-,14-/m0/s1. The summed E-state index contributed by atoms with van der Waals surface area (Å²) in [5, 5.41) is 0. The molecule has 0 aliphatic carbocycles. The number of carbonyl (C=O) groups is 1. The number of halogens is 1. The lowest BCUT2D eigenvalue weighted by atomic mass is 9.84. The monoisotopic (exact) mass is 301 g/mol. The average Bonchev–Trinajstić information content (AvgIpc) is 2.55. The van der Waals surface area contributed by atoms with Crippen molar-refractivity contribution in [1.29, 1.82) is 0 Å². The molecule has 0 aliphatic heterocycles. The summed E-state index contributed by atoms with van der Waals surface area (Å²) >= 11 is 0. The molecule has 0 unspecified atom stereocenters. The fraction of sp³-hybridized carbons (Fsp3) is 0.278. The van der Waals surface area contributed by atoms with Crippen LogP contribution in [0.2, 0.25) is 0 Å². The molecule has 0 heterocycles. The molecule has 2 aromatic carbocycles. The quantitative estimate of drug-likeness (QED) is 0.863. The molecule has 0 aromatic heterocycles. The Kier molecular flexibility index (Phi) is 4.93. The van der Waals surface area contributed by atoms with Crippen LogP contribution in [0.3, 0.4) is 0 Å². The number of hydrogen-bond acceptors (Lipinski definition) is 3. The van der Waals surface area contributed by atoms with Crippen molar-refractivity contribution in [3.63, 3.8) is 0 Å². The minimum absolute atomic E-state index is 0.436. The summed E-state index contributed by atoms with van der Waals surface area (Å²) in [4.78, 5) is 11.7. The van der Waals surface area contributed by atoms with Gasteiger partial charge in [0.05, 0.1) is 0 Å². The molecule has 3 nitrogen and oxygen atoms in total. The highest BCUT2D eigenvalue weighted by atomic mass is 19.1. The van der Waals surface area contributed by atoms with Gasteiger partial charge in [0.2, 0.25) is 0 Å². The number of esters is 1. The van der Waals surface area contributed by atoms with Crippen LogP contribution in [-0.4, -0.2) is 18.1 Å². The molecule has 0 bridgehead atoms. The van der Waals surface area contributed by atoms with Gasteiger partial charge in [-0.1, -0.05) is 60.7 Å². The highest BCUT2D eigenvalue weighted by molar-refractivity contribution is 5.75. The maximum atomic E-state index is 16.0. The number of hydrogen-bond donors (Lipinski definition) is 1. The molecule has 0 saturated carbocycles. The van der Waals surface area contributed by atoms with Gasteiger partial charge in [-0.05, 0) is 25.0 Å². The third-order valence-corrected chi connectivity index (χ3v) is 3.61. The van der Waals surface area contributed by atoms with Gasteiger partial charge < -0.3 is 10.5 Å². The van der Waals surface area contributed by atoms with Gasteiger partial charge in [0.15, 0.2) is 5.67 Å². The fourth-order valence-electron chi connectivity index (χ4n) is 2.36. The Balaban J connectivity index is 2.45. The van der Waals surface area contributed by atoms with Crippen LogP contribution in [-0.2, 0) is 15.2 Å². The number of rotatable bonds is 5. The number of alkyl halides is 1. The van der Waals surface area contributed by atoms with Crippen molar-refractivity contribution in [3.05, 3.63) is 71.8 Å². The van der Waals surface area contributed by atoms with Gasteiger partial charge in [-0.2, -0.15) is 0 Å². The number of nitrogens with two attached hydrogens (primary N) is 1. The van der Waals surface area contributed by atoms with Crippen molar-refractivity contribution < 1.29 is 13.9 Å². The molecule has 0 saturated heterocycles. The Morgan fingerprint density at radius 2 is 1.41 bits per heavy atom. The smallest absolute Gasteiger partial charge is 0.323 e. The van der Waals surface area contributed by atoms with Crippen LogP contribution in [0.15, 0.2) is 60.7 Å². The minimum atomic E-state index is -1.94. The van der Waals surface area contributed by atoms with E-state index in [0.717, 1.165) is 0 Å². The molecule has 116 valence electrons. The first kappa shape index (κ1) is 16.2. The van der Waals surface area contributed by atoms with E-state index in [0.29, 0.717) is 11.1 Å². The lowest BCUT2D eigenvalue weighted by Crippen LogP contribution is -2.41. The molecular weight excluding hydrogens is 281 g/mol. The fourth-order valence-corrected chi connectivity index (χ4v) is 2.36. The summed E-state index contributed by atoms with van der Waals surface area (Å²) in [5.41, 5.74) is 4.44. The van der Waals surface area contributed by atoms with Gasteiger partial charge in [-0.3, -0.25) is 4.79 Å². The van der Waals surface area contributed by atoms with Crippen LogP contribution in [0.1, 0.15) is 25.0 Å². The Morgan fingerprint density at radius 1 is 1.00 bits per heavy atom. The number of ether oxygens (including phenoxy) is 1. The molecule has 0 fully saturated rings. The van der Waals surface area contributed by atoms with Crippen LogP contribution in [0.4, 0.5) is 4.39 Å². The topological polar surface area (TPSA) is 52.3 Å². The van der Waals surface area contributed by atoms with E-state index in [4.69, 9.17) is 10.5 Å². The van der Waals surface area contributed by atoms with E-state index in [9.17, 15) is 4.79 Å². The van der Waals surface area contributed by atoms with E-state index in [1.165, 1.54) is 6.92 Å². The Labute approximate surface area is 129 Å². The van der Waals surface area contributed by atoms with Crippen LogP contribution >= 0.6 is 0 Å². The van der Waals surface area contributed by atoms with Crippen LogP contribution in [0, 0.1) is 0 Å². The maximum absolute atomic E-state index is 16.0. The SMILES string of the molecule is C[C@H](N)C(=O)O[C@@H](C)C(F)(c1ccccc1)c1ccccc1. The van der Waals surface area contributed by atoms with Gasteiger partial charge >= 0.3 is 5.97 Å². The zero-order valence-corrected chi connectivity index (χ0v) is 12.7. The average molecular weight is 301 g/mol. The Bertz CT molecular complexity index is 574. The molecule has 22 heavy (non-hydrogen) atoms. The zero-order valence-electron chi connectivity index (χ0n) is 12.7. The van der Waals surface area contributed by atoms with Crippen molar-refractivity contribution >= 4 is 5.97 Å². The largest absolute Gasteiger partial charge is 0.457 e. The van der Waals surface area contributed by atoms with E-state index < -0.39 is 23.8 Å². The summed E-state index contributed by atoms with van der Waals surface area (Å²) in [6, 6.07) is 16.6. The van der Waals surface area contributed by atoms with Crippen LogP contribution < -0.4 is 5.73 Å². The maximum Gasteiger partial charge on any atom is 0.323 e. The summed E-state index contributed by atoms with van der Waals surface area (Å²) in [6.45, 7) is 3.06. The van der Waals surface area contributed by atoms with Crippen molar-refractivity contribution in [3.8, 4) is 0 Å². The minimum Gasteiger partial charge on any atom is -0.457 e. The van der Waals surface area contributed by atoms with Crippen molar-refractivity contribution in [2.45, 2.75) is 31.7 Å². The first-order valence-corrected chi connectivity index (χ1v) is 7.22. The van der Waals surface area contributed by atoms with Crippen molar-refractivity contribution in [2.24, 2.45) is 5.73 Å². The Morgan fingerprint density at radius 3 is 1.77 bits per heavy atom. The summed E-state index contributed by atoms with van der Waals surface area (Å²) in [5.74, 6) is -0.624. The lowest BCUT2D eigenvalue weighted by Gasteiger charge is -2.32. The molecule has 2 N–H and O–H groups in total. The third-order valence-electron chi connectivity index (χ3n) is 3.61. The van der Waals surface area contributed by atoms with Crippen molar-refractivity contribution in [1.82, 2.24) is 0 Å².